The number of hydrogen-bond acceptors (Lipinski definition) is 5. The first-order valence-corrected chi connectivity index (χ1v) is 9.40. The molecule has 2 heterocycles. The second-order valence-electron chi connectivity index (χ2n) is 6.47. The lowest BCUT2D eigenvalue weighted by Crippen LogP contribution is -2.38. The van der Waals surface area contributed by atoms with Gasteiger partial charge in [-0.25, -0.2) is 12.7 Å². The number of nitrogens with zero attached hydrogens (tertiary/aromatic N) is 2. The maximum absolute atomic E-state index is 12.6. The molecule has 0 aromatic heterocycles. The molecular formula is C16H21N3O4S. The van der Waals surface area contributed by atoms with Gasteiger partial charge < -0.3 is 10.2 Å². The average molecular weight is 351 g/mol. The molecule has 0 radical (unpaired) electrons. The third-order valence-electron chi connectivity index (χ3n) is 4.57. The van der Waals surface area contributed by atoms with Crippen LogP contribution in [0.1, 0.15) is 41.0 Å². The van der Waals surface area contributed by atoms with E-state index in [1.54, 1.807) is 25.8 Å². The predicted octanol–water partition coefficient (Wildman–Crippen LogP) is 0.673. The first kappa shape index (κ1) is 16.9. The number of carbonyl (C=O) groups is 2. The molecule has 24 heavy (non-hydrogen) atoms. The van der Waals surface area contributed by atoms with Crippen molar-refractivity contribution in [2.75, 3.05) is 20.1 Å². The van der Waals surface area contributed by atoms with Gasteiger partial charge in [-0.3, -0.25) is 9.59 Å². The minimum atomic E-state index is -3.89. The Morgan fingerprint density at radius 2 is 2.08 bits per heavy atom. The molecule has 3 rings (SSSR count). The van der Waals surface area contributed by atoms with E-state index >= 15 is 0 Å². The van der Waals surface area contributed by atoms with Gasteiger partial charge in [-0.1, -0.05) is 0 Å². The highest BCUT2D eigenvalue weighted by Gasteiger charge is 2.43. The molecule has 1 unspecified atom stereocenters. The zero-order valence-electron chi connectivity index (χ0n) is 13.9. The molecule has 0 aliphatic carbocycles. The minimum absolute atomic E-state index is 0.0787. The van der Waals surface area contributed by atoms with Crippen molar-refractivity contribution in [1.82, 2.24) is 14.5 Å². The van der Waals surface area contributed by atoms with Crippen molar-refractivity contribution in [2.24, 2.45) is 0 Å². The normalized spacial score (nSPS) is 22.1. The number of sulfonamides is 1. The Balaban J connectivity index is 1.97. The maximum atomic E-state index is 12.6. The van der Waals surface area contributed by atoms with Crippen LogP contribution < -0.4 is 5.32 Å². The Morgan fingerprint density at radius 3 is 2.67 bits per heavy atom. The van der Waals surface area contributed by atoms with Crippen LogP contribution in [0.2, 0.25) is 0 Å². The van der Waals surface area contributed by atoms with Gasteiger partial charge in [0.05, 0.1) is 5.56 Å². The molecule has 1 atom stereocenters. The number of nitrogens with one attached hydrogen (secondary N) is 1. The Kier molecular flexibility index (Phi) is 4.13. The van der Waals surface area contributed by atoms with E-state index in [-0.39, 0.29) is 28.0 Å². The molecule has 8 heteroatoms. The summed E-state index contributed by atoms with van der Waals surface area (Å²) in [6.45, 7) is 4.88. The molecule has 0 bridgehead atoms. The molecule has 130 valence electrons. The summed E-state index contributed by atoms with van der Waals surface area (Å²) in [5.41, 5.74) is 0.413. The van der Waals surface area contributed by atoms with E-state index < -0.39 is 22.0 Å². The summed E-state index contributed by atoms with van der Waals surface area (Å²) in [7, 11) is -2.18. The third-order valence-corrected chi connectivity index (χ3v) is 6.57. The summed E-state index contributed by atoms with van der Waals surface area (Å²) in [6, 6.07) is 3.91. The highest BCUT2D eigenvalue weighted by molar-refractivity contribution is 7.90. The van der Waals surface area contributed by atoms with Crippen LogP contribution in [-0.4, -0.2) is 61.7 Å². The summed E-state index contributed by atoms with van der Waals surface area (Å²) < 4.78 is 26.1. The van der Waals surface area contributed by atoms with E-state index in [0.717, 1.165) is 23.8 Å². The second-order valence-corrected chi connectivity index (χ2v) is 8.26. The zero-order valence-corrected chi connectivity index (χ0v) is 14.8. The van der Waals surface area contributed by atoms with Crippen LogP contribution in [0.25, 0.3) is 0 Å². The fourth-order valence-corrected chi connectivity index (χ4v) is 5.02. The van der Waals surface area contributed by atoms with Gasteiger partial charge in [0, 0.05) is 31.2 Å². The van der Waals surface area contributed by atoms with Gasteiger partial charge in [0.1, 0.15) is 4.90 Å². The van der Waals surface area contributed by atoms with E-state index in [1.165, 1.54) is 18.2 Å². The molecule has 0 spiro atoms. The molecule has 1 aromatic carbocycles. The molecule has 2 aliphatic heterocycles. The average Bonchev–Trinajstić information content (AvgIpc) is 3.12. The Bertz CT molecular complexity index is 798. The van der Waals surface area contributed by atoms with E-state index in [2.05, 4.69) is 5.32 Å². The monoisotopic (exact) mass is 351 g/mol. The first-order valence-electron chi connectivity index (χ1n) is 7.96. The number of fused-ring (bicyclic) bond motifs is 1. The lowest BCUT2D eigenvalue weighted by atomic mass is 10.1. The van der Waals surface area contributed by atoms with Gasteiger partial charge in [-0.2, -0.15) is 0 Å². The van der Waals surface area contributed by atoms with Crippen LogP contribution >= 0.6 is 0 Å². The molecule has 1 saturated heterocycles. The largest absolute Gasteiger partial charge is 0.337 e. The van der Waals surface area contributed by atoms with Crippen molar-refractivity contribution in [3.05, 3.63) is 29.3 Å². The highest BCUT2D eigenvalue weighted by atomic mass is 32.2. The minimum Gasteiger partial charge on any atom is -0.337 e. The van der Waals surface area contributed by atoms with E-state index in [4.69, 9.17) is 0 Å². The quantitative estimate of drug-likeness (QED) is 0.865. The Hall–Kier alpha value is -1.93. The number of benzene rings is 1. The van der Waals surface area contributed by atoms with Gasteiger partial charge in [0.2, 0.25) is 0 Å². The van der Waals surface area contributed by atoms with Crippen LogP contribution in [0.3, 0.4) is 0 Å². The molecule has 7 nitrogen and oxygen atoms in total. The standard InChI is InChI=1S/C16H21N3O4S/c1-10(2)19-16(21)13-5-4-11(8-14(13)24(19,22)23)15(20)18(3)12-6-7-17-9-12/h4-5,8,10,12,17H,6-7,9H2,1-3H3. The molecule has 0 saturated carbocycles. The number of hydrogen-bond donors (Lipinski definition) is 1. The molecule has 2 aliphatic rings. The number of carbonyl (C=O) groups excluding carboxylic acids is 2. The van der Waals surface area contributed by atoms with Crippen molar-refractivity contribution in [1.29, 1.82) is 0 Å². The molecular weight excluding hydrogens is 330 g/mol. The van der Waals surface area contributed by atoms with Crippen molar-refractivity contribution >= 4 is 21.8 Å². The van der Waals surface area contributed by atoms with Gasteiger partial charge in [-0.05, 0) is 45.0 Å². The van der Waals surface area contributed by atoms with Crippen LogP contribution in [0.5, 0.6) is 0 Å². The van der Waals surface area contributed by atoms with Crippen molar-refractivity contribution in [3.8, 4) is 0 Å². The molecule has 1 aromatic rings. The summed E-state index contributed by atoms with van der Waals surface area (Å²) in [4.78, 5) is 26.5. The second kappa shape index (κ2) is 5.86. The summed E-state index contributed by atoms with van der Waals surface area (Å²) in [5.74, 6) is -0.774. The fourth-order valence-electron chi connectivity index (χ4n) is 3.23. The van der Waals surface area contributed by atoms with Crippen LogP contribution in [0, 0.1) is 0 Å². The molecule has 1 fully saturated rings. The van der Waals surface area contributed by atoms with Crippen molar-refractivity contribution in [3.63, 3.8) is 0 Å². The lowest BCUT2D eigenvalue weighted by Gasteiger charge is -2.24. The number of amides is 2. The van der Waals surface area contributed by atoms with E-state index in [9.17, 15) is 18.0 Å². The van der Waals surface area contributed by atoms with E-state index in [0.29, 0.717) is 0 Å². The van der Waals surface area contributed by atoms with Gasteiger partial charge in [0.15, 0.2) is 0 Å². The van der Waals surface area contributed by atoms with Crippen LogP contribution in [-0.2, 0) is 10.0 Å². The topological polar surface area (TPSA) is 86.8 Å². The van der Waals surface area contributed by atoms with Crippen molar-refractivity contribution < 1.29 is 18.0 Å². The van der Waals surface area contributed by atoms with Gasteiger partial charge >= 0.3 is 0 Å². The molecule has 1 N–H and O–H groups in total. The highest BCUT2D eigenvalue weighted by Crippen LogP contribution is 2.32. The predicted molar refractivity (Wildman–Crippen MR) is 88.3 cm³/mol. The Morgan fingerprint density at radius 1 is 1.38 bits per heavy atom. The van der Waals surface area contributed by atoms with Gasteiger partial charge in [-0.15, -0.1) is 0 Å². The molecule has 2 amide bonds. The maximum Gasteiger partial charge on any atom is 0.269 e. The summed E-state index contributed by atoms with van der Waals surface area (Å²) in [6.07, 6.45) is 0.866. The number of likely N-dealkylation sites (N-methyl/N-ethyl adjacent to an activating group) is 1. The third kappa shape index (κ3) is 2.50. The zero-order chi connectivity index (χ0) is 17.6. The summed E-state index contributed by atoms with van der Waals surface area (Å²) in [5, 5.41) is 3.20. The van der Waals surface area contributed by atoms with Crippen LogP contribution in [0.4, 0.5) is 0 Å². The smallest absolute Gasteiger partial charge is 0.269 e. The SMILES string of the molecule is CC(C)N1C(=O)c2ccc(C(=O)N(C)C3CCNC3)cc2S1(=O)=O. The fraction of sp³-hybridized carbons (Fsp3) is 0.500. The number of rotatable bonds is 3. The Labute approximate surface area is 141 Å². The summed E-state index contributed by atoms with van der Waals surface area (Å²) >= 11 is 0. The van der Waals surface area contributed by atoms with Gasteiger partial charge in [0.25, 0.3) is 21.8 Å². The first-order chi connectivity index (χ1) is 11.2. The van der Waals surface area contributed by atoms with E-state index in [1.807, 2.05) is 0 Å². The van der Waals surface area contributed by atoms with Crippen LogP contribution in [0.15, 0.2) is 23.1 Å². The lowest BCUT2D eigenvalue weighted by molar-refractivity contribution is 0.0742. The van der Waals surface area contributed by atoms with Crippen molar-refractivity contribution in [2.45, 2.75) is 37.2 Å².